The van der Waals surface area contributed by atoms with Crippen molar-refractivity contribution in [1.82, 2.24) is 0 Å². The van der Waals surface area contributed by atoms with Gasteiger partial charge in [-0.25, -0.2) is 14.4 Å². The van der Waals surface area contributed by atoms with Crippen molar-refractivity contribution in [3.05, 3.63) is 0 Å². The summed E-state index contributed by atoms with van der Waals surface area (Å²) in [4.78, 5) is 30.8. The second kappa shape index (κ2) is 29.1. The van der Waals surface area contributed by atoms with Crippen LogP contribution >= 0.6 is 7.82 Å². The maximum atomic E-state index is 10.6. The van der Waals surface area contributed by atoms with Crippen molar-refractivity contribution in [2.45, 2.75) is 167 Å². The molecule has 36 heavy (non-hydrogen) atoms. The normalized spacial score (nSPS) is 11.6. The van der Waals surface area contributed by atoms with Crippen LogP contribution in [0.15, 0.2) is 4.99 Å². The van der Waals surface area contributed by atoms with E-state index in [1.54, 1.807) is 6.08 Å². The highest BCUT2D eigenvalue weighted by Gasteiger charge is 2.12. The minimum absolute atomic E-state index is 0.162. The van der Waals surface area contributed by atoms with Gasteiger partial charge in [-0.05, 0) is 12.8 Å². The molecule has 214 valence electrons. The molecule has 0 aromatic rings. The third-order valence-corrected chi connectivity index (χ3v) is 7.51. The van der Waals surface area contributed by atoms with E-state index in [1.165, 1.54) is 141 Å². The molecule has 0 bridgehead atoms. The first-order valence-corrected chi connectivity index (χ1v) is 16.8. The fourth-order valence-electron chi connectivity index (χ4n) is 4.76. The molecule has 0 spiro atoms. The lowest BCUT2D eigenvalue weighted by molar-refractivity contribution is 0.193. The number of phosphoric ester groups is 1. The third-order valence-electron chi connectivity index (χ3n) is 6.99. The number of unbranched alkanes of at least 4 members (excludes halogenated alkanes) is 25. The molecule has 0 heterocycles. The first-order chi connectivity index (χ1) is 17.6. The summed E-state index contributed by atoms with van der Waals surface area (Å²) < 4.78 is 15.0. The Bertz CT molecular complexity index is 534. The van der Waals surface area contributed by atoms with E-state index in [0.29, 0.717) is 6.54 Å². The SMILES string of the molecule is O=C=NCCCCCCCCCCCCCCCCCCCCCCCCCCCCOP(=O)(O)O. The predicted octanol–water partition coefficient (Wildman–Crippen LogP) is 9.57. The molecule has 0 radical (unpaired) electrons. The zero-order chi connectivity index (χ0) is 26.4. The van der Waals surface area contributed by atoms with Crippen molar-refractivity contribution >= 4 is 13.9 Å². The maximum Gasteiger partial charge on any atom is 0.469 e. The maximum absolute atomic E-state index is 10.6. The van der Waals surface area contributed by atoms with E-state index in [9.17, 15) is 9.36 Å². The van der Waals surface area contributed by atoms with Crippen LogP contribution < -0.4 is 0 Å². The molecular weight excluding hydrogens is 473 g/mol. The second-order valence-electron chi connectivity index (χ2n) is 10.5. The molecule has 0 atom stereocenters. The van der Waals surface area contributed by atoms with Crippen molar-refractivity contribution in [2.75, 3.05) is 13.2 Å². The van der Waals surface area contributed by atoms with Crippen LogP contribution in [-0.4, -0.2) is 29.0 Å². The molecule has 0 rings (SSSR count). The summed E-state index contributed by atoms with van der Waals surface area (Å²) in [6.45, 7) is 0.816. The number of phosphoric acid groups is 1. The molecule has 0 aromatic carbocycles. The Balaban J connectivity index is 3.05. The molecule has 7 heteroatoms. The fraction of sp³-hybridized carbons (Fsp3) is 0.966. The molecule has 0 aliphatic carbocycles. The van der Waals surface area contributed by atoms with E-state index in [4.69, 9.17) is 9.79 Å². The van der Waals surface area contributed by atoms with Gasteiger partial charge in [0.1, 0.15) is 0 Å². The summed E-state index contributed by atoms with van der Waals surface area (Å²) in [5.74, 6) is 0. The van der Waals surface area contributed by atoms with Crippen LogP contribution in [0.25, 0.3) is 0 Å². The average Bonchev–Trinajstić information content (AvgIpc) is 2.84. The van der Waals surface area contributed by atoms with Gasteiger partial charge in [0.15, 0.2) is 0 Å². The van der Waals surface area contributed by atoms with Crippen molar-refractivity contribution in [1.29, 1.82) is 0 Å². The third kappa shape index (κ3) is 33.5. The Morgan fingerprint density at radius 1 is 0.472 bits per heavy atom. The zero-order valence-electron chi connectivity index (χ0n) is 23.3. The van der Waals surface area contributed by atoms with Gasteiger partial charge < -0.3 is 9.79 Å². The summed E-state index contributed by atoms with van der Waals surface area (Å²) >= 11 is 0. The van der Waals surface area contributed by atoms with Crippen LogP contribution in [0.3, 0.4) is 0 Å². The lowest BCUT2D eigenvalue weighted by Crippen LogP contribution is -1.92. The van der Waals surface area contributed by atoms with E-state index in [2.05, 4.69) is 9.52 Å². The number of aliphatic imine (C=N–C) groups is 1. The van der Waals surface area contributed by atoms with Gasteiger partial charge in [0.05, 0.1) is 13.2 Å². The minimum Gasteiger partial charge on any atom is -0.303 e. The molecule has 0 saturated heterocycles. The van der Waals surface area contributed by atoms with Crippen LogP contribution in [0.5, 0.6) is 0 Å². The topological polar surface area (TPSA) is 96.2 Å². The quantitative estimate of drug-likeness (QED) is 0.0416. The van der Waals surface area contributed by atoms with Crippen molar-refractivity contribution in [3.8, 4) is 0 Å². The van der Waals surface area contributed by atoms with Crippen molar-refractivity contribution < 1.29 is 23.7 Å². The number of hydrogen-bond acceptors (Lipinski definition) is 4. The van der Waals surface area contributed by atoms with Crippen LogP contribution in [0.4, 0.5) is 0 Å². The molecule has 0 aromatic heterocycles. The van der Waals surface area contributed by atoms with E-state index < -0.39 is 7.82 Å². The van der Waals surface area contributed by atoms with Gasteiger partial charge in [-0.1, -0.05) is 154 Å². The van der Waals surface area contributed by atoms with E-state index in [0.717, 1.165) is 25.7 Å². The standard InChI is InChI=1S/C29H58NO5P/c31-29-30-27-25-23-21-19-17-15-13-11-9-7-5-3-1-2-4-6-8-10-12-14-16-18-20-22-24-26-28-35-36(32,33)34/h1-28H2,(H2,32,33,34). The summed E-state index contributed by atoms with van der Waals surface area (Å²) in [7, 11) is -4.28. The molecule has 0 amide bonds. The summed E-state index contributed by atoms with van der Waals surface area (Å²) in [5.41, 5.74) is 0. The van der Waals surface area contributed by atoms with Gasteiger partial charge in [-0.15, -0.1) is 0 Å². The van der Waals surface area contributed by atoms with Crippen LogP contribution in [0.1, 0.15) is 167 Å². The largest absolute Gasteiger partial charge is 0.469 e. The Labute approximate surface area is 222 Å². The van der Waals surface area contributed by atoms with Crippen LogP contribution in [0, 0.1) is 0 Å². The van der Waals surface area contributed by atoms with E-state index in [1.807, 2.05) is 0 Å². The molecule has 0 unspecified atom stereocenters. The Morgan fingerprint density at radius 3 is 0.972 bits per heavy atom. The molecule has 2 N–H and O–H groups in total. The Morgan fingerprint density at radius 2 is 0.722 bits per heavy atom. The number of nitrogens with zero attached hydrogens (tertiary/aromatic N) is 1. The monoisotopic (exact) mass is 531 g/mol. The first kappa shape index (κ1) is 35.5. The van der Waals surface area contributed by atoms with Gasteiger partial charge in [0, 0.05) is 0 Å². The average molecular weight is 532 g/mol. The first-order valence-electron chi connectivity index (χ1n) is 15.3. The van der Waals surface area contributed by atoms with Crippen LogP contribution in [-0.2, 0) is 13.9 Å². The van der Waals surface area contributed by atoms with Crippen molar-refractivity contribution in [3.63, 3.8) is 0 Å². The lowest BCUT2D eigenvalue weighted by Gasteiger charge is -2.05. The number of rotatable bonds is 30. The summed E-state index contributed by atoms with van der Waals surface area (Å²) in [6.07, 6.45) is 35.5. The molecule has 0 aliphatic heterocycles. The molecule has 0 aliphatic rings. The number of carbonyl (C=O) groups excluding carboxylic acids is 1. The molecule has 0 fully saturated rings. The summed E-state index contributed by atoms with van der Waals surface area (Å²) in [5, 5.41) is 0. The van der Waals surface area contributed by atoms with Gasteiger partial charge in [-0.2, -0.15) is 0 Å². The highest BCUT2D eigenvalue weighted by Crippen LogP contribution is 2.35. The predicted molar refractivity (Wildman–Crippen MR) is 151 cm³/mol. The number of hydrogen-bond donors (Lipinski definition) is 2. The van der Waals surface area contributed by atoms with E-state index in [-0.39, 0.29) is 6.61 Å². The van der Waals surface area contributed by atoms with Gasteiger partial charge in [0.25, 0.3) is 0 Å². The van der Waals surface area contributed by atoms with Gasteiger partial charge >= 0.3 is 7.82 Å². The lowest BCUT2D eigenvalue weighted by atomic mass is 10.0. The smallest absolute Gasteiger partial charge is 0.303 e. The number of isocyanates is 1. The zero-order valence-corrected chi connectivity index (χ0v) is 24.2. The molecule has 6 nitrogen and oxygen atoms in total. The minimum atomic E-state index is -4.28. The van der Waals surface area contributed by atoms with E-state index >= 15 is 0 Å². The highest BCUT2D eigenvalue weighted by molar-refractivity contribution is 7.46. The van der Waals surface area contributed by atoms with Crippen LogP contribution in [0.2, 0.25) is 0 Å². The Hall–Kier alpha value is -0.510. The fourth-order valence-corrected chi connectivity index (χ4v) is 5.13. The van der Waals surface area contributed by atoms with Gasteiger partial charge in [-0.3, -0.25) is 4.52 Å². The highest BCUT2D eigenvalue weighted by atomic mass is 31.2. The summed E-state index contributed by atoms with van der Waals surface area (Å²) in [6, 6.07) is 0. The molecule has 0 saturated carbocycles. The Kier molecular flexibility index (Phi) is 28.6. The van der Waals surface area contributed by atoms with Crippen molar-refractivity contribution in [2.24, 2.45) is 4.99 Å². The molecular formula is C29H58NO5P. The second-order valence-corrected chi connectivity index (χ2v) is 11.7. The van der Waals surface area contributed by atoms with Gasteiger partial charge in [0.2, 0.25) is 6.08 Å².